The summed E-state index contributed by atoms with van der Waals surface area (Å²) in [5, 5.41) is 2.26. The molecule has 0 atom stereocenters. The maximum absolute atomic E-state index is 13.5. The second kappa shape index (κ2) is 6.16. The first-order valence-electron chi connectivity index (χ1n) is 6.23. The second-order valence-corrected chi connectivity index (χ2v) is 6.25. The average Bonchev–Trinajstić information content (AvgIpc) is 2.48. The lowest BCUT2D eigenvalue weighted by atomic mass is 10.1. The molecule has 0 heterocycles. The summed E-state index contributed by atoms with van der Waals surface area (Å²) in [6.07, 6.45) is 0. The lowest BCUT2D eigenvalue weighted by Gasteiger charge is -2.18. The van der Waals surface area contributed by atoms with Gasteiger partial charge >= 0.3 is 13.3 Å². The van der Waals surface area contributed by atoms with Crippen molar-refractivity contribution < 1.29 is 32.3 Å². The molecule has 23 heavy (non-hydrogen) atoms. The number of para-hydroxylation sites is 1. The van der Waals surface area contributed by atoms with Crippen LogP contribution >= 0.6 is 7.60 Å². The molecule has 0 unspecified atom stereocenters. The van der Waals surface area contributed by atoms with Crippen LogP contribution in [0.2, 0.25) is 0 Å². The van der Waals surface area contributed by atoms with E-state index in [2.05, 4.69) is 5.32 Å². The molecule has 2 rings (SSSR count). The zero-order valence-corrected chi connectivity index (χ0v) is 12.3. The summed E-state index contributed by atoms with van der Waals surface area (Å²) in [6, 6.07) is 8.80. The minimum absolute atomic E-state index is 0.0708. The molecule has 0 radical (unpaired) electrons. The van der Waals surface area contributed by atoms with Gasteiger partial charge in [0, 0.05) is 11.1 Å². The topological polar surface area (TPSA) is 86.6 Å². The van der Waals surface area contributed by atoms with E-state index in [9.17, 15) is 22.5 Å². The summed E-state index contributed by atoms with van der Waals surface area (Å²) in [5.41, 5.74) is -5.43. The quantitative estimate of drug-likeness (QED) is 0.742. The van der Waals surface area contributed by atoms with Gasteiger partial charge in [-0.2, -0.15) is 8.78 Å². The Balaban J connectivity index is 2.22. The maximum atomic E-state index is 13.5. The van der Waals surface area contributed by atoms with Gasteiger partial charge in [-0.25, -0.2) is 4.39 Å². The Labute approximate surface area is 128 Å². The molecule has 5 nitrogen and oxygen atoms in total. The fourth-order valence-corrected chi connectivity index (χ4v) is 2.23. The third-order valence-corrected chi connectivity index (χ3v) is 3.97. The van der Waals surface area contributed by atoms with Gasteiger partial charge in [0.1, 0.15) is 5.82 Å². The highest BCUT2D eigenvalue weighted by atomic mass is 31.2. The van der Waals surface area contributed by atoms with Crippen molar-refractivity contribution in [1.82, 2.24) is 0 Å². The number of amides is 1. The molecule has 0 saturated heterocycles. The van der Waals surface area contributed by atoms with Crippen LogP contribution in [-0.2, 0) is 10.2 Å². The fraction of sp³-hybridized carbons (Fsp3) is 0.0714. The fourth-order valence-electron chi connectivity index (χ4n) is 1.75. The first kappa shape index (κ1) is 17.2. The number of hydrogen-bond donors (Lipinski definition) is 3. The summed E-state index contributed by atoms with van der Waals surface area (Å²) in [5.74, 6) is -1.41. The van der Waals surface area contributed by atoms with Crippen molar-refractivity contribution >= 4 is 19.2 Å². The molecule has 0 aliphatic heterocycles. The van der Waals surface area contributed by atoms with Crippen LogP contribution in [0.3, 0.4) is 0 Å². The molecule has 0 saturated carbocycles. The van der Waals surface area contributed by atoms with Gasteiger partial charge in [-0.1, -0.05) is 24.3 Å². The molecule has 0 fully saturated rings. The molecule has 0 spiro atoms. The highest BCUT2D eigenvalue weighted by molar-refractivity contribution is 7.52. The van der Waals surface area contributed by atoms with Crippen LogP contribution in [0.15, 0.2) is 48.5 Å². The molecule has 122 valence electrons. The molecule has 2 aromatic rings. The number of rotatable bonds is 4. The summed E-state index contributed by atoms with van der Waals surface area (Å²) < 4.78 is 51.2. The van der Waals surface area contributed by atoms with Crippen LogP contribution in [0.5, 0.6) is 0 Å². The van der Waals surface area contributed by atoms with Crippen molar-refractivity contribution in [2.75, 3.05) is 5.32 Å². The van der Waals surface area contributed by atoms with Gasteiger partial charge in [0.05, 0.1) is 5.69 Å². The molecular formula is C14H11F3NO4P. The van der Waals surface area contributed by atoms with Gasteiger partial charge in [-0.05, 0) is 24.3 Å². The zero-order chi connectivity index (χ0) is 17.3. The maximum Gasteiger partial charge on any atom is 0.399 e. The smallest absolute Gasteiger partial charge is 0.320 e. The second-order valence-electron chi connectivity index (χ2n) is 4.60. The van der Waals surface area contributed by atoms with E-state index in [0.29, 0.717) is 0 Å². The number of nitrogens with one attached hydrogen (secondary N) is 1. The Morgan fingerprint density at radius 1 is 1.04 bits per heavy atom. The molecule has 2 aromatic carbocycles. The Bertz CT molecular complexity index is 774. The molecule has 3 N–H and O–H groups in total. The lowest BCUT2D eigenvalue weighted by Crippen LogP contribution is -2.16. The number of carbonyl (C=O) groups is 1. The Morgan fingerprint density at radius 2 is 1.61 bits per heavy atom. The molecular weight excluding hydrogens is 334 g/mol. The highest BCUT2D eigenvalue weighted by Crippen LogP contribution is 2.59. The van der Waals surface area contributed by atoms with Crippen LogP contribution in [0.1, 0.15) is 15.9 Å². The van der Waals surface area contributed by atoms with Gasteiger partial charge in [0.15, 0.2) is 0 Å². The molecule has 1 amide bonds. The highest BCUT2D eigenvalue weighted by Gasteiger charge is 2.50. The van der Waals surface area contributed by atoms with Crippen molar-refractivity contribution in [3.63, 3.8) is 0 Å². The van der Waals surface area contributed by atoms with Gasteiger partial charge in [0.25, 0.3) is 5.91 Å². The van der Waals surface area contributed by atoms with E-state index in [4.69, 9.17) is 9.79 Å². The van der Waals surface area contributed by atoms with E-state index in [1.807, 2.05) is 0 Å². The molecule has 0 aliphatic carbocycles. The minimum atomic E-state index is -5.67. The molecule has 0 bridgehead atoms. The van der Waals surface area contributed by atoms with Crippen LogP contribution in [-0.4, -0.2) is 15.7 Å². The van der Waals surface area contributed by atoms with Crippen molar-refractivity contribution in [2.24, 2.45) is 0 Å². The normalized spacial score (nSPS) is 12.0. The summed E-state index contributed by atoms with van der Waals surface area (Å²) in [7, 11) is -5.67. The predicted molar refractivity (Wildman–Crippen MR) is 76.7 cm³/mol. The van der Waals surface area contributed by atoms with Crippen LogP contribution in [0, 0.1) is 5.82 Å². The number of benzene rings is 2. The predicted octanol–water partition coefficient (Wildman–Crippen LogP) is 3.31. The Hall–Kier alpha value is -2.15. The van der Waals surface area contributed by atoms with Gasteiger partial charge < -0.3 is 15.1 Å². The molecule has 9 heteroatoms. The monoisotopic (exact) mass is 345 g/mol. The first-order valence-corrected chi connectivity index (χ1v) is 7.84. The van der Waals surface area contributed by atoms with E-state index in [1.54, 1.807) is 0 Å². The number of alkyl halides is 2. The summed E-state index contributed by atoms with van der Waals surface area (Å²) in [6.45, 7) is 0. The number of anilines is 1. The minimum Gasteiger partial charge on any atom is -0.320 e. The largest absolute Gasteiger partial charge is 0.399 e. The van der Waals surface area contributed by atoms with Crippen molar-refractivity contribution in [1.29, 1.82) is 0 Å². The van der Waals surface area contributed by atoms with Gasteiger partial charge in [-0.3, -0.25) is 9.36 Å². The first-order chi connectivity index (χ1) is 10.6. The van der Waals surface area contributed by atoms with E-state index in [1.165, 1.54) is 18.2 Å². The third kappa shape index (κ3) is 3.61. The van der Waals surface area contributed by atoms with Gasteiger partial charge in [0.2, 0.25) is 0 Å². The van der Waals surface area contributed by atoms with Crippen molar-refractivity contribution in [3.05, 3.63) is 65.5 Å². The summed E-state index contributed by atoms with van der Waals surface area (Å²) >= 11 is 0. The van der Waals surface area contributed by atoms with Crippen molar-refractivity contribution in [3.8, 4) is 0 Å². The van der Waals surface area contributed by atoms with Crippen LogP contribution in [0.4, 0.5) is 18.9 Å². The van der Waals surface area contributed by atoms with Crippen LogP contribution in [0.25, 0.3) is 0 Å². The third-order valence-electron chi connectivity index (χ3n) is 2.98. The van der Waals surface area contributed by atoms with Gasteiger partial charge in [-0.15, -0.1) is 0 Å². The van der Waals surface area contributed by atoms with Crippen LogP contribution < -0.4 is 5.32 Å². The number of hydrogen-bond acceptors (Lipinski definition) is 2. The molecule has 0 aromatic heterocycles. The van der Waals surface area contributed by atoms with E-state index < -0.39 is 30.5 Å². The number of carbonyl (C=O) groups excluding carboxylic acids is 1. The van der Waals surface area contributed by atoms with E-state index in [-0.39, 0.29) is 11.3 Å². The van der Waals surface area contributed by atoms with E-state index >= 15 is 0 Å². The van der Waals surface area contributed by atoms with E-state index in [0.717, 1.165) is 30.3 Å². The number of halogens is 3. The SMILES string of the molecule is O=C(Nc1ccccc1F)c1ccc(C(F)(F)P(=O)(O)O)cc1. The zero-order valence-electron chi connectivity index (χ0n) is 11.4. The summed E-state index contributed by atoms with van der Waals surface area (Å²) in [4.78, 5) is 29.2. The lowest BCUT2D eigenvalue weighted by molar-refractivity contribution is 0.0564. The standard InChI is InChI=1S/C14H11F3NO4P/c15-11-3-1-2-4-12(11)18-13(19)9-5-7-10(8-6-9)14(16,17)23(20,21)22/h1-8H,(H,18,19)(H2,20,21,22). The molecule has 0 aliphatic rings. The van der Waals surface area contributed by atoms with Crippen molar-refractivity contribution in [2.45, 2.75) is 5.66 Å². The average molecular weight is 345 g/mol. The Kier molecular flexibility index (Phi) is 4.61. The Morgan fingerprint density at radius 3 is 2.13 bits per heavy atom.